The summed E-state index contributed by atoms with van der Waals surface area (Å²) < 4.78 is 25.1. The highest BCUT2D eigenvalue weighted by molar-refractivity contribution is 7.89. The predicted molar refractivity (Wildman–Crippen MR) is 79.9 cm³/mol. The molecule has 1 aromatic carbocycles. The molecule has 0 aliphatic carbocycles. The Morgan fingerprint density at radius 2 is 1.68 bits per heavy atom. The smallest absolute Gasteiger partial charge is 0.242 e. The van der Waals surface area contributed by atoms with E-state index in [4.69, 9.17) is 0 Å². The highest BCUT2D eigenvalue weighted by atomic mass is 32.2. The van der Waals surface area contributed by atoms with Crippen molar-refractivity contribution in [2.24, 2.45) is 0 Å². The van der Waals surface area contributed by atoms with Crippen molar-refractivity contribution in [3.8, 4) is 0 Å². The lowest BCUT2D eigenvalue weighted by Crippen LogP contribution is -2.30. The third-order valence-corrected chi connectivity index (χ3v) is 4.82. The summed E-state index contributed by atoms with van der Waals surface area (Å²) in [7, 11) is -0.275. The molecule has 0 aliphatic rings. The first-order valence-electron chi connectivity index (χ1n) is 6.50. The van der Waals surface area contributed by atoms with Crippen LogP contribution in [0.5, 0.6) is 0 Å². The molecular formula is C14H24N2O2S. The second-order valence-electron chi connectivity index (χ2n) is 5.57. The minimum atomic E-state index is -3.34. The predicted octanol–water partition coefficient (Wildman–Crippen LogP) is 2.93. The lowest BCUT2D eigenvalue weighted by molar-refractivity contribution is 0.511. The summed E-state index contributed by atoms with van der Waals surface area (Å²) >= 11 is 0. The van der Waals surface area contributed by atoms with E-state index in [1.54, 1.807) is 12.1 Å². The van der Waals surface area contributed by atoms with E-state index in [0.717, 1.165) is 18.5 Å². The topological polar surface area (TPSA) is 49.4 Å². The third kappa shape index (κ3) is 4.21. The number of rotatable bonds is 6. The van der Waals surface area contributed by atoms with E-state index in [9.17, 15) is 8.42 Å². The van der Waals surface area contributed by atoms with Gasteiger partial charge in [0.05, 0.1) is 4.90 Å². The number of hydrogen-bond acceptors (Lipinski definition) is 3. The first-order valence-corrected chi connectivity index (χ1v) is 7.94. The molecule has 0 aromatic heterocycles. The van der Waals surface area contributed by atoms with Gasteiger partial charge in [-0.25, -0.2) is 12.7 Å². The molecule has 0 radical (unpaired) electrons. The fraction of sp³-hybridized carbons (Fsp3) is 0.571. The molecule has 0 amide bonds. The van der Waals surface area contributed by atoms with Crippen LogP contribution < -0.4 is 5.32 Å². The van der Waals surface area contributed by atoms with Crippen LogP contribution >= 0.6 is 0 Å². The van der Waals surface area contributed by atoms with Gasteiger partial charge in [0, 0.05) is 25.3 Å². The van der Waals surface area contributed by atoms with Crippen molar-refractivity contribution in [1.82, 2.24) is 4.31 Å². The van der Waals surface area contributed by atoms with Crippen LogP contribution in [0.3, 0.4) is 0 Å². The number of benzene rings is 1. The quantitative estimate of drug-likeness (QED) is 0.874. The van der Waals surface area contributed by atoms with Crippen molar-refractivity contribution in [1.29, 1.82) is 0 Å². The molecule has 1 rings (SSSR count). The fourth-order valence-corrected chi connectivity index (χ4v) is 2.90. The van der Waals surface area contributed by atoms with Gasteiger partial charge in [0.1, 0.15) is 0 Å². The van der Waals surface area contributed by atoms with E-state index in [2.05, 4.69) is 26.1 Å². The van der Waals surface area contributed by atoms with Gasteiger partial charge in [-0.05, 0) is 44.5 Å². The van der Waals surface area contributed by atoms with Crippen molar-refractivity contribution in [2.75, 3.05) is 19.4 Å². The molecule has 108 valence electrons. The van der Waals surface area contributed by atoms with Gasteiger partial charge in [-0.15, -0.1) is 0 Å². The van der Waals surface area contributed by atoms with Gasteiger partial charge < -0.3 is 5.32 Å². The van der Waals surface area contributed by atoms with Crippen LogP contribution in [0.25, 0.3) is 0 Å². The Kier molecular flexibility index (Phi) is 4.98. The summed E-state index contributed by atoms with van der Waals surface area (Å²) in [6.45, 7) is 6.43. The molecule has 0 heterocycles. The van der Waals surface area contributed by atoms with Gasteiger partial charge in [0.15, 0.2) is 0 Å². The minimum Gasteiger partial charge on any atom is -0.380 e. The van der Waals surface area contributed by atoms with E-state index >= 15 is 0 Å². The van der Waals surface area contributed by atoms with Gasteiger partial charge in [-0.2, -0.15) is 0 Å². The lowest BCUT2D eigenvalue weighted by Gasteiger charge is -2.27. The summed E-state index contributed by atoms with van der Waals surface area (Å²) in [6.07, 6.45) is 2.16. The van der Waals surface area contributed by atoms with Crippen molar-refractivity contribution in [2.45, 2.75) is 44.0 Å². The summed E-state index contributed by atoms with van der Waals surface area (Å²) in [5.74, 6) is 0. The van der Waals surface area contributed by atoms with Crippen molar-refractivity contribution in [3.63, 3.8) is 0 Å². The van der Waals surface area contributed by atoms with Crippen LogP contribution in [0.1, 0.15) is 33.6 Å². The molecule has 0 atom stereocenters. The number of nitrogens with zero attached hydrogens (tertiary/aromatic N) is 1. The van der Waals surface area contributed by atoms with Gasteiger partial charge in [-0.3, -0.25) is 0 Å². The molecule has 1 N–H and O–H groups in total. The first kappa shape index (κ1) is 16.0. The van der Waals surface area contributed by atoms with Gasteiger partial charge in [-0.1, -0.05) is 13.3 Å². The van der Waals surface area contributed by atoms with E-state index in [-0.39, 0.29) is 5.54 Å². The molecule has 0 saturated heterocycles. The Hall–Kier alpha value is -1.07. The lowest BCUT2D eigenvalue weighted by atomic mass is 9.98. The summed E-state index contributed by atoms with van der Waals surface area (Å²) in [4.78, 5) is 0.316. The Morgan fingerprint density at radius 1 is 1.16 bits per heavy atom. The Morgan fingerprint density at radius 3 is 2.11 bits per heavy atom. The molecule has 0 spiro atoms. The molecular weight excluding hydrogens is 260 g/mol. The Labute approximate surface area is 116 Å². The van der Waals surface area contributed by atoms with E-state index < -0.39 is 10.0 Å². The number of hydrogen-bond donors (Lipinski definition) is 1. The molecule has 4 nitrogen and oxygen atoms in total. The van der Waals surface area contributed by atoms with Gasteiger partial charge in [0.2, 0.25) is 10.0 Å². The summed E-state index contributed by atoms with van der Waals surface area (Å²) in [5.41, 5.74) is 0.951. The monoisotopic (exact) mass is 284 g/mol. The average molecular weight is 284 g/mol. The highest BCUT2D eigenvalue weighted by Crippen LogP contribution is 2.21. The summed E-state index contributed by atoms with van der Waals surface area (Å²) in [5, 5.41) is 3.42. The van der Waals surface area contributed by atoms with E-state index in [0.29, 0.717) is 4.90 Å². The van der Waals surface area contributed by atoms with Crippen LogP contribution in [0, 0.1) is 0 Å². The van der Waals surface area contributed by atoms with Crippen LogP contribution in [0.2, 0.25) is 0 Å². The molecule has 5 heteroatoms. The maximum Gasteiger partial charge on any atom is 0.242 e. The normalized spacial score (nSPS) is 12.7. The summed E-state index contributed by atoms with van der Waals surface area (Å²) in [6, 6.07) is 6.90. The van der Waals surface area contributed by atoms with Crippen LogP contribution in [-0.2, 0) is 10.0 Å². The SMILES string of the molecule is CCCC(C)(C)Nc1ccc(S(=O)(=O)N(C)C)cc1. The zero-order valence-electron chi connectivity index (χ0n) is 12.4. The Balaban J connectivity index is 2.89. The molecule has 0 fully saturated rings. The maximum atomic E-state index is 11.9. The zero-order valence-corrected chi connectivity index (χ0v) is 13.2. The average Bonchev–Trinajstić information content (AvgIpc) is 2.28. The van der Waals surface area contributed by atoms with Crippen LogP contribution in [-0.4, -0.2) is 32.4 Å². The highest BCUT2D eigenvalue weighted by Gasteiger charge is 2.18. The Bertz CT molecular complexity index is 505. The molecule has 19 heavy (non-hydrogen) atoms. The second kappa shape index (κ2) is 5.92. The number of anilines is 1. The molecule has 0 unspecified atom stereocenters. The van der Waals surface area contributed by atoms with E-state index in [1.165, 1.54) is 18.4 Å². The molecule has 0 aliphatic heterocycles. The standard InChI is InChI=1S/C14H24N2O2S/c1-6-11-14(2,3)15-12-7-9-13(10-8-12)19(17,18)16(4)5/h7-10,15H,6,11H2,1-5H3. The second-order valence-corrected chi connectivity index (χ2v) is 7.72. The van der Waals surface area contributed by atoms with Crippen molar-refractivity contribution < 1.29 is 8.42 Å². The molecule has 0 bridgehead atoms. The van der Waals surface area contributed by atoms with Gasteiger partial charge >= 0.3 is 0 Å². The molecule has 0 saturated carbocycles. The van der Waals surface area contributed by atoms with Crippen molar-refractivity contribution in [3.05, 3.63) is 24.3 Å². The fourth-order valence-electron chi connectivity index (χ4n) is 2.00. The van der Waals surface area contributed by atoms with Gasteiger partial charge in [0.25, 0.3) is 0 Å². The maximum absolute atomic E-state index is 11.9. The van der Waals surface area contributed by atoms with Crippen LogP contribution in [0.4, 0.5) is 5.69 Å². The van der Waals surface area contributed by atoms with E-state index in [1.807, 2.05) is 12.1 Å². The zero-order chi connectivity index (χ0) is 14.7. The largest absolute Gasteiger partial charge is 0.380 e. The van der Waals surface area contributed by atoms with Crippen molar-refractivity contribution >= 4 is 15.7 Å². The van der Waals surface area contributed by atoms with Crippen LogP contribution in [0.15, 0.2) is 29.2 Å². The minimum absolute atomic E-state index is 0.0106. The number of nitrogens with one attached hydrogen (secondary N) is 1. The number of sulfonamides is 1. The third-order valence-electron chi connectivity index (χ3n) is 2.99. The molecule has 1 aromatic rings. The first-order chi connectivity index (χ1) is 8.69.